The van der Waals surface area contributed by atoms with E-state index in [9.17, 15) is 24.3 Å². The van der Waals surface area contributed by atoms with Crippen molar-refractivity contribution in [3.8, 4) is 0 Å². The molecule has 11 heteroatoms. The predicted molar refractivity (Wildman–Crippen MR) is 72.2 cm³/mol. The summed E-state index contributed by atoms with van der Waals surface area (Å²) in [6.07, 6.45) is -1.69. The van der Waals surface area contributed by atoms with Crippen molar-refractivity contribution in [3.63, 3.8) is 0 Å². The van der Waals surface area contributed by atoms with E-state index in [1.54, 1.807) is 0 Å². The molecule has 0 aromatic rings. The Bertz CT molecular complexity index is 383. The number of hydrogen-bond donors (Lipinski definition) is 3. The van der Waals surface area contributed by atoms with Crippen LogP contribution >= 0.6 is 0 Å². The number of carboxylic acids is 2. The van der Waals surface area contributed by atoms with Crippen LogP contribution in [0.1, 0.15) is 12.8 Å². The van der Waals surface area contributed by atoms with E-state index in [1.165, 1.54) is 0 Å². The Balaban J connectivity index is -0.000000427. The molecule has 0 aromatic heterocycles. The Morgan fingerprint density at radius 3 is 1.80 bits per heavy atom. The minimum atomic E-state index is -2.82. The monoisotopic (exact) mass is 318 g/mol. The second-order valence-electron chi connectivity index (χ2n) is 3.08. The SMILES string of the molecule is C=CC(=O)OC(=O)CC(O)(CC(=O)O)C(=O)O.[NaH].[NaH].[NaH]. The topological polar surface area (TPSA) is 138 Å². The van der Waals surface area contributed by atoms with Gasteiger partial charge in [-0.15, -0.1) is 0 Å². The molecule has 0 radical (unpaired) electrons. The van der Waals surface area contributed by atoms with Gasteiger partial charge in [-0.2, -0.15) is 0 Å². The van der Waals surface area contributed by atoms with Crippen molar-refractivity contribution in [2.45, 2.75) is 18.4 Å². The molecule has 100 valence electrons. The molecule has 1 unspecified atom stereocenters. The van der Waals surface area contributed by atoms with E-state index in [4.69, 9.17) is 10.2 Å². The van der Waals surface area contributed by atoms with Gasteiger partial charge in [-0.25, -0.2) is 9.59 Å². The molecule has 0 heterocycles. The van der Waals surface area contributed by atoms with Crippen LogP contribution in [0, 0.1) is 0 Å². The number of carbonyl (C=O) groups excluding carboxylic acids is 2. The molecule has 8 nitrogen and oxygen atoms in total. The maximum atomic E-state index is 11.0. The van der Waals surface area contributed by atoms with Crippen LogP contribution in [0.5, 0.6) is 0 Å². The summed E-state index contributed by atoms with van der Waals surface area (Å²) in [6.45, 7) is 2.99. The van der Waals surface area contributed by atoms with Gasteiger partial charge in [0, 0.05) is 6.08 Å². The molecular weight excluding hydrogens is 305 g/mol. The van der Waals surface area contributed by atoms with Crippen LogP contribution in [0.3, 0.4) is 0 Å². The Labute approximate surface area is 180 Å². The fraction of sp³-hybridized carbons (Fsp3) is 0.333. The number of aliphatic carboxylic acids is 2. The molecule has 0 amide bonds. The Kier molecular flexibility index (Phi) is 19.4. The molecule has 0 saturated heterocycles. The third-order valence-electron chi connectivity index (χ3n) is 1.66. The first-order valence-corrected chi connectivity index (χ1v) is 4.26. The number of carbonyl (C=O) groups is 4. The van der Waals surface area contributed by atoms with Crippen LogP contribution in [0.2, 0.25) is 0 Å². The summed E-state index contributed by atoms with van der Waals surface area (Å²) in [7, 11) is 0. The van der Waals surface area contributed by atoms with Gasteiger partial charge >= 0.3 is 113 Å². The van der Waals surface area contributed by atoms with Gasteiger partial charge in [0.15, 0.2) is 5.60 Å². The first-order valence-electron chi connectivity index (χ1n) is 4.26. The Morgan fingerprint density at radius 1 is 1.05 bits per heavy atom. The number of ether oxygens (including phenoxy) is 1. The van der Waals surface area contributed by atoms with Crippen molar-refractivity contribution in [3.05, 3.63) is 12.7 Å². The molecule has 0 spiro atoms. The first-order chi connectivity index (χ1) is 7.71. The molecule has 0 bridgehead atoms. The van der Waals surface area contributed by atoms with Gasteiger partial charge in [0.2, 0.25) is 0 Å². The molecule has 0 aromatic carbocycles. The molecule has 3 N–H and O–H groups in total. The average molecular weight is 318 g/mol. The minimum absolute atomic E-state index is 0. The van der Waals surface area contributed by atoms with E-state index >= 15 is 0 Å². The number of esters is 2. The van der Waals surface area contributed by atoms with E-state index in [0.29, 0.717) is 6.08 Å². The summed E-state index contributed by atoms with van der Waals surface area (Å²) in [6, 6.07) is 0. The standard InChI is InChI=1S/C9H10O8.3Na.3H/c1-2-6(12)17-7(13)4-9(16,8(14)15)3-5(10)11;;;;;;/h2,16H,1,3-4H2,(H,10,11)(H,14,15);;;;;;. The van der Waals surface area contributed by atoms with Gasteiger partial charge in [0.05, 0.1) is 12.8 Å². The summed E-state index contributed by atoms with van der Waals surface area (Å²) >= 11 is 0. The molecule has 0 aliphatic carbocycles. The molecule has 1 atom stereocenters. The molecule has 0 fully saturated rings. The van der Waals surface area contributed by atoms with E-state index in [1.807, 2.05) is 0 Å². The van der Waals surface area contributed by atoms with Crippen LogP contribution in [-0.2, 0) is 23.9 Å². The zero-order valence-corrected chi connectivity index (χ0v) is 8.58. The van der Waals surface area contributed by atoms with Gasteiger partial charge < -0.3 is 20.1 Å². The van der Waals surface area contributed by atoms with Crippen molar-refractivity contribution in [2.24, 2.45) is 0 Å². The number of rotatable bonds is 6. The van der Waals surface area contributed by atoms with Gasteiger partial charge in [-0.1, -0.05) is 6.58 Å². The first kappa shape index (κ1) is 28.9. The summed E-state index contributed by atoms with van der Waals surface area (Å²) in [4.78, 5) is 42.5. The quantitative estimate of drug-likeness (QED) is 0.204. The predicted octanol–water partition coefficient (Wildman–Crippen LogP) is -3.02. The third kappa shape index (κ3) is 11.4. The van der Waals surface area contributed by atoms with Crippen LogP contribution < -0.4 is 0 Å². The number of aliphatic hydroxyl groups is 1. The fourth-order valence-electron chi connectivity index (χ4n) is 0.893. The van der Waals surface area contributed by atoms with Crippen molar-refractivity contribution >= 4 is 113 Å². The Morgan fingerprint density at radius 2 is 1.50 bits per heavy atom. The molecule has 0 aliphatic rings. The third-order valence-corrected chi connectivity index (χ3v) is 1.66. The second kappa shape index (κ2) is 13.4. The van der Waals surface area contributed by atoms with E-state index in [0.717, 1.165) is 0 Å². The van der Waals surface area contributed by atoms with Crippen LogP contribution in [0.4, 0.5) is 0 Å². The zero-order chi connectivity index (χ0) is 13.6. The van der Waals surface area contributed by atoms with Crippen molar-refractivity contribution in [1.82, 2.24) is 0 Å². The molecule has 0 saturated carbocycles. The van der Waals surface area contributed by atoms with Gasteiger partial charge in [0.25, 0.3) is 0 Å². The van der Waals surface area contributed by atoms with Gasteiger partial charge in [0.1, 0.15) is 0 Å². The fourth-order valence-corrected chi connectivity index (χ4v) is 0.893. The van der Waals surface area contributed by atoms with Gasteiger partial charge in [-0.3, -0.25) is 9.59 Å². The summed E-state index contributed by atoms with van der Waals surface area (Å²) in [5.74, 6) is -6.00. The maximum absolute atomic E-state index is 11.0. The average Bonchev–Trinajstić information content (AvgIpc) is 2.15. The van der Waals surface area contributed by atoms with Crippen LogP contribution in [0.25, 0.3) is 0 Å². The van der Waals surface area contributed by atoms with Crippen LogP contribution in [0.15, 0.2) is 12.7 Å². The van der Waals surface area contributed by atoms with Crippen molar-refractivity contribution in [1.29, 1.82) is 0 Å². The molecule has 0 aliphatic heterocycles. The molecular formula is C9H13Na3O8. The zero-order valence-electron chi connectivity index (χ0n) is 8.58. The summed E-state index contributed by atoms with van der Waals surface area (Å²) in [5, 5.41) is 26.4. The molecule has 20 heavy (non-hydrogen) atoms. The summed E-state index contributed by atoms with van der Waals surface area (Å²) < 4.78 is 4.01. The second-order valence-corrected chi connectivity index (χ2v) is 3.08. The van der Waals surface area contributed by atoms with Gasteiger partial charge in [-0.05, 0) is 0 Å². The Hall–Kier alpha value is 0.780. The van der Waals surface area contributed by atoms with Crippen molar-refractivity contribution in [2.75, 3.05) is 0 Å². The van der Waals surface area contributed by atoms with Crippen LogP contribution in [-0.4, -0.2) is 133 Å². The number of carboxylic acid groups (broad SMARTS) is 2. The van der Waals surface area contributed by atoms with Crippen molar-refractivity contribution < 1.29 is 39.2 Å². The molecule has 0 rings (SSSR count). The number of hydrogen-bond acceptors (Lipinski definition) is 6. The van der Waals surface area contributed by atoms with E-state index in [2.05, 4.69) is 11.3 Å². The summed E-state index contributed by atoms with van der Waals surface area (Å²) in [5.41, 5.74) is -2.82. The van der Waals surface area contributed by atoms with E-state index in [-0.39, 0.29) is 88.7 Å². The van der Waals surface area contributed by atoms with E-state index < -0.39 is 42.3 Å². The normalized spacial score (nSPS) is 11.2.